The maximum atomic E-state index is 5.66. The third-order valence-corrected chi connectivity index (χ3v) is 1.86. The lowest BCUT2D eigenvalue weighted by Gasteiger charge is -2.21. The molecule has 0 radical (unpaired) electrons. The summed E-state index contributed by atoms with van der Waals surface area (Å²) in [4.78, 5) is 0. The quantitative estimate of drug-likeness (QED) is 0.209. The fourth-order valence-corrected chi connectivity index (χ4v) is 0.964. The molecule has 1 aliphatic rings. The second kappa shape index (κ2) is 3.38. The molecule has 11 N–H and O–H groups in total. The Hall–Kier alpha value is -2.02. The molecule has 0 aromatic carbocycles. The average molecular weight is 198 g/mol. The highest BCUT2D eigenvalue weighted by atomic mass is 16.5. The van der Waals surface area contributed by atoms with Crippen LogP contribution in [-0.2, 0) is 4.74 Å². The largest absolute Gasteiger partial charge is 0.435 e. The van der Waals surface area contributed by atoms with Gasteiger partial charge in [0.05, 0.1) is 11.4 Å². The molecule has 0 aromatic rings. The molecule has 0 fully saturated rings. The Morgan fingerprint density at radius 3 is 2.14 bits per heavy atom. The van der Waals surface area contributed by atoms with Crippen molar-refractivity contribution < 1.29 is 4.74 Å². The minimum absolute atomic E-state index is 0.0151. The highest BCUT2D eigenvalue weighted by Crippen LogP contribution is 2.22. The van der Waals surface area contributed by atoms with Crippen LogP contribution in [0.4, 0.5) is 0 Å². The van der Waals surface area contributed by atoms with Gasteiger partial charge < -0.3 is 33.1 Å². The Balaban J connectivity index is 3.25. The zero-order valence-electron chi connectivity index (χ0n) is 7.79. The molecule has 0 aliphatic carbocycles. The van der Waals surface area contributed by atoms with E-state index in [2.05, 4.69) is 5.43 Å². The van der Waals surface area contributed by atoms with E-state index in [1.54, 1.807) is 6.92 Å². The van der Waals surface area contributed by atoms with Crippen molar-refractivity contribution in [3.05, 3.63) is 34.4 Å². The number of hydrazine groups is 1. The van der Waals surface area contributed by atoms with Gasteiger partial charge in [0.1, 0.15) is 11.4 Å². The molecule has 1 heterocycles. The summed E-state index contributed by atoms with van der Waals surface area (Å²) in [5, 5.41) is 0. The fourth-order valence-electron chi connectivity index (χ4n) is 0.964. The molecule has 0 amide bonds. The summed E-state index contributed by atoms with van der Waals surface area (Å²) in [7, 11) is 0. The van der Waals surface area contributed by atoms with Gasteiger partial charge in [-0.2, -0.15) is 0 Å². The lowest BCUT2D eigenvalue weighted by molar-refractivity contribution is 0.289. The maximum Gasteiger partial charge on any atom is 0.216 e. The summed E-state index contributed by atoms with van der Waals surface area (Å²) >= 11 is 0. The van der Waals surface area contributed by atoms with Crippen molar-refractivity contribution >= 4 is 0 Å². The predicted molar refractivity (Wildman–Crippen MR) is 51.9 cm³/mol. The van der Waals surface area contributed by atoms with E-state index >= 15 is 0 Å². The molecule has 0 saturated heterocycles. The minimum atomic E-state index is 0.0151. The van der Waals surface area contributed by atoms with E-state index in [0.29, 0.717) is 5.70 Å². The number of allylic oxidation sites excluding steroid dienone is 1. The number of rotatable bonds is 1. The van der Waals surface area contributed by atoms with Crippen molar-refractivity contribution in [2.24, 2.45) is 28.8 Å². The van der Waals surface area contributed by atoms with Crippen LogP contribution in [0.25, 0.3) is 0 Å². The first kappa shape index (κ1) is 10.1. The molecule has 0 bridgehead atoms. The molecule has 14 heavy (non-hydrogen) atoms. The van der Waals surface area contributed by atoms with Gasteiger partial charge in [0.15, 0.2) is 5.76 Å². The van der Waals surface area contributed by atoms with Crippen LogP contribution in [0.5, 0.6) is 0 Å². The lowest BCUT2D eigenvalue weighted by atomic mass is 10.2. The number of ether oxygens (including phenoxy) is 1. The van der Waals surface area contributed by atoms with Crippen LogP contribution >= 0.6 is 0 Å². The van der Waals surface area contributed by atoms with Crippen molar-refractivity contribution in [1.29, 1.82) is 0 Å². The molecule has 78 valence electrons. The van der Waals surface area contributed by atoms with E-state index in [4.69, 9.17) is 33.5 Å². The van der Waals surface area contributed by atoms with E-state index in [1.165, 1.54) is 0 Å². The Labute approximate surface area is 81.2 Å². The molecule has 7 nitrogen and oxygen atoms in total. The van der Waals surface area contributed by atoms with Gasteiger partial charge >= 0.3 is 0 Å². The van der Waals surface area contributed by atoms with E-state index < -0.39 is 0 Å². The van der Waals surface area contributed by atoms with Gasteiger partial charge in [-0.15, -0.1) is 0 Å². The van der Waals surface area contributed by atoms with Gasteiger partial charge in [-0.1, -0.05) is 0 Å². The minimum Gasteiger partial charge on any atom is -0.435 e. The third kappa shape index (κ3) is 1.40. The monoisotopic (exact) mass is 198 g/mol. The summed E-state index contributed by atoms with van der Waals surface area (Å²) in [6.45, 7) is 1.67. The second-order valence-electron chi connectivity index (χ2n) is 2.81. The molecule has 0 atom stereocenters. The van der Waals surface area contributed by atoms with Crippen LogP contribution in [0.15, 0.2) is 34.4 Å². The molecule has 0 aromatic heterocycles. The van der Waals surface area contributed by atoms with Gasteiger partial charge in [0, 0.05) is 0 Å². The van der Waals surface area contributed by atoms with Crippen molar-refractivity contribution in [2.75, 3.05) is 0 Å². The fraction of sp³-hybridized carbons (Fsp3) is 0.143. The number of hydrogen-bond acceptors (Lipinski definition) is 7. The van der Waals surface area contributed by atoms with Gasteiger partial charge in [-0.25, -0.2) is 0 Å². The van der Waals surface area contributed by atoms with Crippen LogP contribution in [0.1, 0.15) is 6.92 Å². The molecule has 0 unspecified atom stereocenters. The molecule has 1 aliphatic heterocycles. The molecular formula is C7H14N6O. The molecule has 1 rings (SSSR count). The maximum absolute atomic E-state index is 5.66. The van der Waals surface area contributed by atoms with Crippen LogP contribution in [0.2, 0.25) is 0 Å². The van der Waals surface area contributed by atoms with Crippen LogP contribution in [0.3, 0.4) is 0 Å². The normalized spacial score (nSPS) is 20.7. The van der Waals surface area contributed by atoms with Gasteiger partial charge in [0.2, 0.25) is 5.88 Å². The molecule has 0 spiro atoms. The van der Waals surface area contributed by atoms with E-state index in [9.17, 15) is 0 Å². The zero-order valence-corrected chi connectivity index (χ0v) is 7.79. The third-order valence-electron chi connectivity index (χ3n) is 1.86. The Morgan fingerprint density at radius 1 is 1.07 bits per heavy atom. The summed E-state index contributed by atoms with van der Waals surface area (Å²) in [5.74, 6) is 5.50. The number of nitrogens with two attached hydrogens (primary N) is 5. The standard InChI is InChI=1S/C7H14N6O/c1-2(13-12)6-4(9)3(8)5(10)7(11)14-6/h13H,8-12H2,1H3/b6-2+. The molecule has 0 saturated carbocycles. The summed E-state index contributed by atoms with van der Waals surface area (Å²) in [5.41, 5.74) is 25.7. The summed E-state index contributed by atoms with van der Waals surface area (Å²) < 4.78 is 5.14. The average Bonchev–Trinajstić information content (AvgIpc) is 2.19. The second-order valence-corrected chi connectivity index (χ2v) is 2.81. The molecular weight excluding hydrogens is 184 g/mol. The van der Waals surface area contributed by atoms with E-state index in [0.717, 1.165) is 0 Å². The van der Waals surface area contributed by atoms with Crippen LogP contribution in [-0.4, -0.2) is 0 Å². The predicted octanol–water partition coefficient (Wildman–Crippen LogP) is -2.07. The van der Waals surface area contributed by atoms with Crippen LogP contribution in [0, 0.1) is 0 Å². The van der Waals surface area contributed by atoms with Gasteiger partial charge in [0.25, 0.3) is 0 Å². The SMILES string of the molecule is C/C(NN)=C1\OC(N)=C(N)C(N)=C1N. The van der Waals surface area contributed by atoms with E-state index in [1.807, 2.05) is 0 Å². The van der Waals surface area contributed by atoms with Gasteiger partial charge in [-0.3, -0.25) is 5.84 Å². The Bertz CT molecular complexity index is 353. The van der Waals surface area contributed by atoms with Gasteiger partial charge in [-0.05, 0) is 6.92 Å². The Kier molecular flexibility index (Phi) is 2.43. The van der Waals surface area contributed by atoms with Crippen LogP contribution < -0.4 is 34.2 Å². The molecule has 7 heteroatoms. The highest BCUT2D eigenvalue weighted by Gasteiger charge is 2.21. The topological polar surface area (TPSA) is 151 Å². The summed E-state index contributed by atoms with van der Waals surface area (Å²) in [6.07, 6.45) is 0. The lowest BCUT2D eigenvalue weighted by Crippen LogP contribution is -2.31. The first-order valence-corrected chi connectivity index (χ1v) is 3.85. The highest BCUT2D eigenvalue weighted by molar-refractivity contribution is 5.44. The van der Waals surface area contributed by atoms with Crippen molar-refractivity contribution in [1.82, 2.24) is 5.43 Å². The van der Waals surface area contributed by atoms with Crippen molar-refractivity contribution in [3.8, 4) is 0 Å². The van der Waals surface area contributed by atoms with E-state index in [-0.39, 0.29) is 28.7 Å². The number of nitrogens with one attached hydrogen (secondary N) is 1. The smallest absolute Gasteiger partial charge is 0.216 e. The van der Waals surface area contributed by atoms with Crippen molar-refractivity contribution in [2.45, 2.75) is 6.92 Å². The van der Waals surface area contributed by atoms with Crippen molar-refractivity contribution in [3.63, 3.8) is 0 Å². The summed E-state index contributed by atoms with van der Waals surface area (Å²) in [6, 6.07) is 0. The number of hydrogen-bond donors (Lipinski definition) is 6. The zero-order chi connectivity index (χ0) is 10.9. The Morgan fingerprint density at radius 2 is 1.64 bits per heavy atom. The first-order chi connectivity index (χ1) is 6.49. The first-order valence-electron chi connectivity index (χ1n) is 3.85.